The Morgan fingerprint density at radius 1 is 1.32 bits per heavy atom. The van der Waals surface area contributed by atoms with Gasteiger partial charge in [-0.3, -0.25) is 0 Å². The molecular weight excluding hydrogens is 238 g/mol. The first-order valence-electron chi connectivity index (χ1n) is 7.22. The van der Waals surface area contributed by atoms with Gasteiger partial charge < -0.3 is 9.57 Å². The third-order valence-corrected chi connectivity index (χ3v) is 4.13. The lowest BCUT2D eigenvalue weighted by molar-refractivity contribution is -0.0721. The van der Waals surface area contributed by atoms with E-state index >= 15 is 0 Å². The molecule has 1 aliphatic carbocycles. The Morgan fingerprint density at radius 3 is 3.00 bits per heavy atom. The Kier molecular flexibility index (Phi) is 3.83. The molecule has 0 unspecified atom stereocenters. The molecule has 0 spiro atoms. The van der Waals surface area contributed by atoms with Crippen LogP contribution in [0, 0.1) is 5.92 Å². The van der Waals surface area contributed by atoms with Crippen molar-refractivity contribution in [3.63, 3.8) is 0 Å². The molecule has 1 saturated carbocycles. The highest BCUT2D eigenvalue weighted by Gasteiger charge is 2.39. The van der Waals surface area contributed by atoms with E-state index < -0.39 is 0 Å². The highest BCUT2D eigenvalue weighted by molar-refractivity contribution is 5.88. The van der Waals surface area contributed by atoms with E-state index in [4.69, 9.17) is 9.57 Å². The number of hydrogen-bond acceptors (Lipinski definition) is 3. The fourth-order valence-electron chi connectivity index (χ4n) is 3.00. The lowest BCUT2D eigenvalue weighted by Crippen LogP contribution is -2.35. The average molecular weight is 259 g/mol. The summed E-state index contributed by atoms with van der Waals surface area (Å²) in [6.07, 6.45) is 5.04. The lowest BCUT2D eigenvalue weighted by atomic mass is 9.82. The molecule has 1 fully saturated rings. The summed E-state index contributed by atoms with van der Waals surface area (Å²) in [6, 6.07) is 10.3. The molecule has 3 rings (SSSR count). The maximum atomic E-state index is 5.96. The highest BCUT2D eigenvalue weighted by Crippen LogP contribution is 2.33. The minimum Gasteiger partial charge on any atom is -0.389 e. The van der Waals surface area contributed by atoms with Gasteiger partial charge >= 0.3 is 0 Å². The van der Waals surface area contributed by atoms with E-state index in [0.29, 0.717) is 12.5 Å². The first-order chi connectivity index (χ1) is 9.34. The SMILES string of the molecule is C[C@H](OCc1ccccc1)[C@@H]1ON=C2CCCC[C@H]21. The van der Waals surface area contributed by atoms with Gasteiger partial charge in [0, 0.05) is 5.92 Å². The lowest BCUT2D eigenvalue weighted by Gasteiger charge is -2.26. The van der Waals surface area contributed by atoms with Crippen molar-refractivity contribution in [3.05, 3.63) is 35.9 Å². The first-order valence-corrected chi connectivity index (χ1v) is 7.22. The van der Waals surface area contributed by atoms with Crippen molar-refractivity contribution in [3.8, 4) is 0 Å². The largest absolute Gasteiger partial charge is 0.389 e. The number of nitrogens with zero attached hydrogens (tertiary/aromatic N) is 1. The number of benzene rings is 1. The molecule has 0 saturated heterocycles. The molecule has 3 heteroatoms. The third-order valence-electron chi connectivity index (χ3n) is 4.13. The standard InChI is InChI=1S/C16H21NO2/c1-12(18-11-13-7-3-2-4-8-13)16-14-9-5-6-10-15(14)17-19-16/h2-4,7-8,12,14,16H,5-6,9-11H2,1H3/t12-,14+,16-/m0/s1. The van der Waals surface area contributed by atoms with Gasteiger partial charge in [0.25, 0.3) is 0 Å². The molecule has 3 atom stereocenters. The van der Waals surface area contributed by atoms with E-state index in [1.54, 1.807) is 0 Å². The molecule has 3 nitrogen and oxygen atoms in total. The van der Waals surface area contributed by atoms with Crippen molar-refractivity contribution in [2.45, 2.75) is 51.4 Å². The van der Waals surface area contributed by atoms with E-state index in [1.165, 1.54) is 30.5 Å². The molecule has 1 aromatic rings. The van der Waals surface area contributed by atoms with Crippen LogP contribution in [-0.4, -0.2) is 17.9 Å². The molecule has 0 radical (unpaired) electrons. The quantitative estimate of drug-likeness (QED) is 0.828. The van der Waals surface area contributed by atoms with Gasteiger partial charge in [0.05, 0.1) is 18.4 Å². The molecule has 0 bridgehead atoms. The van der Waals surface area contributed by atoms with Crippen LogP contribution < -0.4 is 0 Å². The van der Waals surface area contributed by atoms with Gasteiger partial charge in [-0.1, -0.05) is 41.9 Å². The van der Waals surface area contributed by atoms with Gasteiger partial charge in [0.2, 0.25) is 0 Å². The zero-order chi connectivity index (χ0) is 13.1. The first kappa shape index (κ1) is 12.7. The summed E-state index contributed by atoms with van der Waals surface area (Å²) in [4.78, 5) is 5.61. The molecule has 19 heavy (non-hydrogen) atoms. The van der Waals surface area contributed by atoms with Crippen molar-refractivity contribution in [2.24, 2.45) is 11.1 Å². The van der Waals surface area contributed by atoms with Crippen molar-refractivity contribution in [1.82, 2.24) is 0 Å². The van der Waals surface area contributed by atoms with Crippen molar-refractivity contribution < 1.29 is 9.57 Å². The second-order valence-electron chi connectivity index (χ2n) is 5.51. The summed E-state index contributed by atoms with van der Waals surface area (Å²) >= 11 is 0. The van der Waals surface area contributed by atoms with Gasteiger partial charge in [-0.2, -0.15) is 0 Å². The van der Waals surface area contributed by atoms with Gasteiger partial charge in [0.1, 0.15) is 0 Å². The molecule has 2 aliphatic rings. The maximum Gasteiger partial charge on any atom is 0.161 e. The molecule has 0 amide bonds. The molecule has 0 N–H and O–H groups in total. The van der Waals surface area contributed by atoms with Gasteiger partial charge in [0.15, 0.2) is 6.10 Å². The van der Waals surface area contributed by atoms with Crippen molar-refractivity contribution >= 4 is 5.71 Å². The van der Waals surface area contributed by atoms with E-state index in [2.05, 4.69) is 24.2 Å². The van der Waals surface area contributed by atoms with E-state index in [9.17, 15) is 0 Å². The highest BCUT2D eigenvalue weighted by atomic mass is 16.7. The number of oxime groups is 1. The van der Waals surface area contributed by atoms with E-state index in [0.717, 1.165) is 6.42 Å². The van der Waals surface area contributed by atoms with Gasteiger partial charge in [-0.05, 0) is 31.7 Å². The van der Waals surface area contributed by atoms with Gasteiger partial charge in [-0.15, -0.1) is 0 Å². The van der Waals surface area contributed by atoms with Crippen LogP contribution in [-0.2, 0) is 16.2 Å². The summed E-state index contributed by atoms with van der Waals surface area (Å²) in [5.74, 6) is 0.486. The molecule has 102 valence electrons. The molecular formula is C16H21NO2. The van der Waals surface area contributed by atoms with Gasteiger partial charge in [-0.25, -0.2) is 0 Å². The number of fused-ring (bicyclic) bond motifs is 1. The Bertz CT molecular complexity index is 443. The summed E-state index contributed by atoms with van der Waals surface area (Å²) in [5, 5.41) is 4.25. The average Bonchev–Trinajstić information content (AvgIpc) is 2.90. The summed E-state index contributed by atoms with van der Waals surface area (Å²) < 4.78 is 5.96. The summed E-state index contributed by atoms with van der Waals surface area (Å²) in [6.45, 7) is 2.74. The van der Waals surface area contributed by atoms with E-state index in [-0.39, 0.29) is 12.2 Å². The predicted molar refractivity (Wildman–Crippen MR) is 75.0 cm³/mol. The fourth-order valence-corrected chi connectivity index (χ4v) is 3.00. The molecule has 1 aliphatic heterocycles. The summed E-state index contributed by atoms with van der Waals surface area (Å²) in [5.41, 5.74) is 2.46. The van der Waals surface area contributed by atoms with Crippen LogP contribution in [0.1, 0.15) is 38.2 Å². The molecule has 0 aromatic heterocycles. The van der Waals surface area contributed by atoms with Crippen LogP contribution >= 0.6 is 0 Å². The zero-order valence-corrected chi connectivity index (χ0v) is 11.4. The van der Waals surface area contributed by atoms with Crippen LogP contribution in [0.25, 0.3) is 0 Å². The normalized spacial score (nSPS) is 27.3. The fraction of sp³-hybridized carbons (Fsp3) is 0.562. The van der Waals surface area contributed by atoms with Crippen LogP contribution in [0.2, 0.25) is 0 Å². The maximum absolute atomic E-state index is 5.96. The molecule has 1 aromatic carbocycles. The summed E-state index contributed by atoms with van der Waals surface area (Å²) in [7, 11) is 0. The number of rotatable bonds is 4. The smallest absolute Gasteiger partial charge is 0.161 e. The minimum atomic E-state index is 0.0876. The zero-order valence-electron chi connectivity index (χ0n) is 11.4. The number of ether oxygens (including phenoxy) is 1. The minimum absolute atomic E-state index is 0.0876. The van der Waals surface area contributed by atoms with Crippen LogP contribution in [0.3, 0.4) is 0 Å². The third kappa shape index (κ3) is 2.81. The monoisotopic (exact) mass is 259 g/mol. The second-order valence-corrected chi connectivity index (χ2v) is 5.51. The Labute approximate surface area is 114 Å². The molecule has 1 heterocycles. The predicted octanol–water partition coefficient (Wildman–Crippen LogP) is 3.54. The Morgan fingerprint density at radius 2 is 2.16 bits per heavy atom. The second kappa shape index (κ2) is 5.74. The number of hydrogen-bond donors (Lipinski definition) is 0. The van der Waals surface area contributed by atoms with Crippen LogP contribution in [0.5, 0.6) is 0 Å². The Balaban J connectivity index is 1.55. The topological polar surface area (TPSA) is 30.8 Å². The van der Waals surface area contributed by atoms with Crippen molar-refractivity contribution in [1.29, 1.82) is 0 Å². The van der Waals surface area contributed by atoms with Crippen LogP contribution in [0.15, 0.2) is 35.5 Å². The van der Waals surface area contributed by atoms with Crippen LogP contribution in [0.4, 0.5) is 0 Å². The van der Waals surface area contributed by atoms with E-state index in [1.807, 2.05) is 18.2 Å². The Hall–Kier alpha value is -1.35. The van der Waals surface area contributed by atoms with Crippen molar-refractivity contribution in [2.75, 3.05) is 0 Å².